The van der Waals surface area contributed by atoms with Crippen molar-refractivity contribution in [2.45, 2.75) is 45.3 Å². The molecule has 1 heterocycles. The molecule has 0 bridgehead atoms. The number of carbonyl (C=O) groups excluding carboxylic acids is 3. The smallest absolute Gasteiger partial charge is 0.251 e. The predicted molar refractivity (Wildman–Crippen MR) is 129 cm³/mol. The second kappa shape index (κ2) is 11.0. The molecule has 0 aliphatic carbocycles. The fourth-order valence-corrected chi connectivity index (χ4v) is 3.39. The van der Waals surface area contributed by atoms with Crippen LogP contribution >= 0.6 is 0 Å². The molecule has 8 nitrogen and oxygen atoms in total. The van der Waals surface area contributed by atoms with Crippen molar-refractivity contribution in [3.8, 4) is 0 Å². The first-order chi connectivity index (χ1) is 15.7. The molecule has 3 amide bonds. The number of hydrogen-bond donors (Lipinski definition) is 4. The summed E-state index contributed by atoms with van der Waals surface area (Å²) in [5, 5.41) is 11.6. The number of benzene rings is 2. The van der Waals surface area contributed by atoms with Crippen LogP contribution in [0, 0.1) is 0 Å². The third kappa shape index (κ3) is 7.91. The highest BCUT2D eigenvalue weighted by Gasteiger charge is 2.17. The van der Waals surface area contributed by atoms with E-state index in [0.29, 0.717) is 29.0 Å². The van der Waals surface area contributed by atoms with E-state index in [1.807, 2.05) is 20.8 Å². The first-order valence-corrected chi connectivity index (χ1v) is 11.2. The predicted octanol–water partition coefficient (Wildman–Crippen LogP) is 3.17. The quantitative estimate of drug-likeness (QED) is 0.492. The summed E-state index contributed by atoms with van der Waals surface area (Å²) in [4.78, 5) is 36.9. The van der Waals surface area contributed by atoms with Crippen LogP contribution in [0.3, 0.4) is 0 Å². The van der Waals surface area contributed by atoms with Crippen molar-refractivity contribution in [1.82, 2.24) is 10.6 Å². The van der Waals surface area contributed by atoms with Crippen molar-refractivity contribution in [2.75, 3.05) is 30.3 Å². The van der Waals surface area contributed by atoms with Crippen LogP contribution in [-0.2, 0) is 9.53 Å². The molecule has 1 fully saturated rings. The molecule has 2 aromatic rings. The summed E-state index contributed by atoms with van der Waals surface area (Å²) in [6, 6.07) is 13.7. The highest BCUT2D eigenvalue weighted by Crippen LogP contribution is 2.14. The van der Waals surface area contributed by atoms with Gasteiger partial charge in [0, 0.05) is 41.2 Å². The molecular formula is C25H32N4O4. The molecule has 3 rings (SSSR count). The van der Waals surface area contributed by atoms with Crippen LogP contribution in [0.5, 0.6) is 0 Å². The van der Waals surface area contributed by atoms with Gasteiger partial charge in [0.05, 0.1) is 12.6 Å². The van der Waals surface area contributed by atoms with Gasteiger partial charge >= 0.3 is 0 Å². The van der Waals surface area contributed by atoms with Gasteiger partial charge in [-0.15, -0.1) is 0 Å². The SMILES string of the molecule is CC(C)(C)NC(=O)c1ccc(NC(=O)CNc2cccc(C(=O)NCC3CCCO3)c2)cc1. The normalized spacial score (nSPS) is 15.5. The standard InChI is InChI=1S/C25H32N4O4/c1-25(2,3)29-24(32)17-9-11-19(12-10-17)28-22(30)16-26-20-7-4-6-18(14-20)23(31)27-15-21-8-5-13-33-21/h4,6-7,9-12,14,21,26H,5,8,13,15-16H2,1-3H3,(H,27,31)(H,28,30)(H,29,32). The average molecular weight is 453 g/mol. The van der Waals surface area contributed by atoms with E-state index in [1.54, 1.807) is 48.5 Å². The van der Waals surface area contributed by atoms with Crippen molar-refractivity contribution in [3.05, 3.63) is 59.7 Å². The van der Waals surface area contributed by atoms with Gasteiger partial charge in [0.15, 0.2) is 0 Å². The highest BCUT2D eigenvalue weighted by molar-refractivity contribution is 5.97. The maximum atomic E-state index is 12.4. The topological polar surface area (TPSA) is 109 Å². The molecule has 1 atom stereocenters. The third-order valence-corrected chi connectivity index (χ3v) is 5.01. The molecule has 2 aromatic carbocycles. The second-order valence-corrected chi connectivity index (χ2v) is 9.11. The molecule has 1 unspecified atom stereocenters. The zero-order valence-corrected chi connectivity index (χ0v) is 19.4. The Kier molecular flexibility index (Phi) is 8.06. The molecule has 176 valence electrons. The Balaban J connectivity index is 1.47. The summed E-state index contributed by atoms with van der Waals surface area (Å²) in [5.74, 6) is -0.578. The summed E-state index contributed by atoms with van der Waals surface area (Å²) in [5.41, 5.74) is 1.98. The maximum absolute atomic E-state index is 12.4. The van der Waals surface area contributed by atoms with E-state index in [0.717, 1.165) is 19.4 Å². The minimum Gasteiger partial charge on any atom is -0.376 e. The summed E-state index contributed by atoms with van der Waals surface area (Å²) in [6.45, 7) is 7.03. The molecule has 33 heavy (non-hydrogen) atoms. The Morgan fingerprint density at radius 1 is 0.970 bits per heavy atom. The Labute approximate surface area is 194 Å². The average Bonchev–Trinajstić information content (AvgIpc) is 3.29. The number of carbonyl (C=O) groups is 3. The summed E-state index contributed by atoms with van der Waals surface area (Å²) >= 11 is 0. The molecule has 0 saturated carbocycles. The number of nitrogens with one attached hydrogen (secondary N) is 4. The van der Waals surface area contributed by atoms with Gasteiger partial charge in [-0.25, -0.2) is 0 Å². The molecule has 1 aliphatic heterocycles. The molecule has 0 aromatic heterocycles. The molecule has 1 aliphatic rings. The summed E-state index contributed by atoms with van der Waals surface area (Å²) in [6.07, 6.45) is 2.07. The van der Waals surface area contributed by atoms with Gasteiger partial charge in [0.25, 0.3) is 11.8 Å². The zero-order chi connectivity index (χ0) is 23.8. The van der Waals surface area contributed by atoms with Crippen molar-refractivity contribution >= 4 is 29.1 Å². The van der Waals surface area contributed by atoms with Crippen molar-refractivity contribution in [2.24, 2.45) is 0 Å². The number of hydrogen-bond acceptors (Lipinski definition) is 5. The van der Waals surface area contributed by atoms with Gasteiger partial charge < -0.3 is 26.0 Å². The van der Waals surface area contributed by atoms with Crippen molar-refractivity contribution < 1.29 is 19.1 Å². The Morgan fingerprint density at radius 2 is 1.73 bits per heavy atom. The number of ether oxygens (including phenoxy) is 1. The molecule has 0 spiro atoms. The maximum Gasteiger partial charge on any atom is 0.251 e. The van der Waals surface area contributed by atoms with Crippen molar-refractivity contribution in [1.29, 1.82) is 0 Å². The fraction of sp³-hybridized carbons (Fsp3) is 0.400. The first kappa shape index (κ1) is 24.3. The van der Waals surface area contributed by atoms with Crippen LogP contribution in [-0.4, -0.2) is 49.1 Å². The van der Waals surface area contributed by atoms with Gasteiger partial charge in [0.1, 0.15) is 0 Å². The van der Waals surface area contributed by atoms with Gasteiger partial charge in [-0.1, -0.05) is 6.07 Å². The van der Waals surface area contributed by atoms with Gasteiger partial charge in [-0.2, -0.15) is 0 Å². The first-order valence-electron chi connectivity index (χ1n) is 11.2. The monoisotopic (exact) mass is 452 g/mol. The number of rotatable bonds is 8. The van der Waals surface area contributed by atoms with Crippen LogP contribution in [0.25, 0.3) is 0 Å². The lowest BCUT2D eigenvalue weighted by Crippen LogP contribution is -2.40. The van der Waals surface area contributed by atoms with Crippen LogP contribution in [0.15, 0.2) is 48.5 Å². The third-order valence-electron chi connectivity index (χ3n) is 5.01. The Morgan fingerprint density at radius 3 is 2.39 bits per heavy atom. The second-order valence-electron chi connectivity index (χ2n) is 9.11. The molecule has 4 N–H and O–H groups in total. The van der Waals surface area contributed by atoms with Crippen LogP contribution < -0.4 is 21.3 Å². The Hall–Kier alpha value is -3.39. The van der Waals surface area contributed by atoms with E-state index in [4.69, 9.17) is 4.74 Å². The largest absolute Gasteiger partial charge is 0.376 e. The van der Waals surface area contributed by atoms with Gasteiger partial charge in [-0.3, -0.25) is 14.4 Å². The number of anilines is 2. The number of amides is 3. The lowest BCUT2D eigenvalue weighted by Gasteiger charge is -2.20. The molecule has 8 heteroatoms. The lowest BCUT2D eigenvalue weighted by atomic mass is 10.1. The molecular weight excluding hydrogens is 420 g/mol. The van der Waals surface area contributed by atoms with Gasteiger partial charge in [-0.05, 0) is 76.1 Å². The summed E-state index contributed by atoms with van der Waals surface area (Å²) in [7, 11) is 0. The van der Waals surface area contributed by atoms with E-state index in [1.165, 1.54) is 0 Å². The van der Waals surface area contributed by atoms with E-state index in [9.17, 15) is 14.4 Å². The fourth-order valence-electron chi connectivity index (χ4n) is 3.39. The van der Waals surface area contributed by atoms with Gasteiger partial charge in [0.2, 0.25) is 5.91 Å². The molecule has 1 saturated heterocycles. The van der Waals surface area contributed by atoms with E-state index >= 15 is 0 Å². The van der Waals surface area contributed by atoms with Crippen molar-refractivity contribution in [3.63, 3.8) is 0 Å². The van der Waals surface area contributed by atoms with Crippen LogP contribution in [0.1, 0.15) is 54.3 Å². The Bertz CT molecular complexity index is 977. The van der Waals surface area contributed by atoms with Crippen LogP contribution in [0.4, 0.5) is 11.4 Å². The summed E-state index contributed by atoms with van der Waals surface area (Å²) < 4.78 is 5.52. The van der Waals surface area contributed by atoms with E-state index < -0.39 is 0 Å². The lowest BCUT2D eigenvalue weighted by molar-refractivity contribution is -0.114. The minimum absolute atomic E-state index is 0.0350. The van der Waals surface area contributed by atoms with E-state index in [-0.39, 0.29) is 35.9 Å². The van der Waals surface area contributed by atoms with E-state index in [2.05, 4.69) is 21.3 Å². The molecule has 0 radical (unpaired) electrons. The minimum atomic E-state index is -0.321. The zero-order valence-electron chi connectivity index (χ0n) is 19.4. The van der Waals surface area contributed by atoms with Crippen LogP contribution in [0.2, 0.25) is 0 Å². The highest BCUT2D eigenvalue weighted by atomic mass is 16.5.